The minimum absolute atomic E-state index is 1.13. The molecule has 0 aliphatic rings. The van der Waals surface area contributed by atoms with Crippen LogP contribution in [0, 0.1) is 0 Å². The predicted octanol–water partition coefficient (Wildman–Crippen LogP) is 3.79. The van der Waals surface area contributed by atoms with Crippen LogP contribution in [0.25, 0.3) is 11.3 Å². The van der Waals surface area contributed by atoms with E-state index in [4.69, 9.17) is 0 Å². The SMILES string of the molecule is CCSc1ccc(-c2ccc[nH]2)cc1. The minimum Gasteiger partial charge on any atom is -0.361 e. The summed E-state index contributed by atoms with van der Waals surface area (Å²) < 4.78 is 0. The molecule has 0 amide bonds. The van der Waals surface area contributed by atoms with Gasteiger partial charge in [-0.05, 0) is 35.6 Å². The largest absolute Gasteiger partial charge is 0.361 e. The zero-order valence-corrected chi connectivity index (χ0v) is 8.97. The molecule has 0 saturated heterocycles. The molecule has 14 heavy (non-hydrogen) atoms. The summed E-state index contributed by atoms with van der Waals surface area (Å²) in [5, 5.41) is 0. The second-order valence-electron chi connectivity index (χ2n) is 3.04. The molecule has 0 bridgehead atoms. The fraction of sp³-hybridized carbons (Fsp3) is 0.167. The summed E-state index contributed by atoms with van der Waals surface area (Å²) in [6, 6.07) is 12.8. The standard InChI is InChI=1S/C12H13NS/c1-2-14-11-7-5-10(6-8-11)12-4-3-9-13-12/h3-9,13H,2H2,1H3. The zero-order chi connectivity index (χ0) is 9.80. The second kappa shape index (κ2) is 4.38. The Kier molecular flexibility index (Phi) is 2.94. The number of thioether (sulfide) groups is 1. The summed E-state index contributed by atoms with van der Waals surface area (Å²) >= 11 is 1.87. The molecule has 0 fully saturated rings. The number of benzene rings is 1. The molecule has 2 aromatic rings. The van der Waals surface area contributed by atoms with Gasteiger partial charge in [0.25, 0.3) is 0 Å². The van der Waals surface area contributed by atoms with Crippen LogP contribution in [0.2, 0.25) is 0 Å². The first-order valence-electron chi connectivity index (χ1n) is 4.77. The maximum Gasteiger partial charge on any atom is 0.0453 e. The highest BCUT2D eigenvalue weighted by Gasteiger charge is 1.97. The summed E-state index contributed by atoms with van der Waals surface area (Å²) in [6.07, 6.45) is 1.95. The van der Waals surface area contributed by atoms with Crippen LogP contribution in [-0.4, -0.2) is 10.7 Å². The van der Waals surface area contributed by atoms with Crippen molar-refractivity contribution in [3.8, 4) is 11.3 Å². The lowest BCUT2D eigenvalue weighted by atomic mass is 10.2. The monoisotopic (exact) mass is 203 g/mol. The number of nitrogens with one attached hydrogen (secondary N) is 1. The van der Waals surface area contributed by atoms with Gasteiger partial charge in [0.2, 0.25) is 0 Å². The van der Waals surface area contributed by atoms with Gasteiger partial charge in [0.05, 0.1) is 0 Å². The van der Waals surface area contributed by atoms with Crippen molar-refractivity contribution in [3.05, 3.63) is 42.6 Å². The fourth-order valence-electron chi connectivity index (χ4n) is 1.41. The quantitative estimate of drug-likeness (QED) is 0.750. The van der Waals surface area contributed by atoms with Crippen LogP contribution in [0.3, 0.4) is 0 Å². The summed E-state index contributed by atoms with van der Waals surface area (Å²) in [5.41, 5.74) is 2.42. The predicted molar refractivity (Wildman–Crippen MR) is 62.6 cm³/mol. The fourth-order valence-corrected chi connectivity index (χ4v) is 2.07. The van der Waals surface area contributed by atoms with Crippen LogP contribution in [-0.2, 0) is 0 Å². The number of hydrogen-bond acceptors (Lipinski definition) is 1. The first-order chi connectivity index (χ1) is 6.90. The van der Waals surface area contributed by atoms with E-state index >= 15 is 0 Å². The number of H-pyrrole nitrogens is 1. The van der Waals surface area contributed by atoms with E-state index in [0.29, 0.717) is 0 Å². The van der Waals surface area contributed by atoms with Gasteiger partial charge in [-0.25, -0.2) is 0 Å². The molecule has 72 valence electrons. The van der Waals surface area contributed by atoms with Crippen LogP contribution in [0.1, 0.15) is 6.92 Å². The zero-order valence-electron chi connectivity index (χ0n) is 8.16. The Balaban J connectivity index is 2.22. The van der Waals surface area contributed by atoms with Crippen LogP contribution in [0.4, 0.5) is 0 Å². The minimum atomic E-state index is 1.13. The molecule has 0 aliphatic carbocycles. The molecule has 0 spiro atoms. The summed E-state index contributed by atoms with van der Waals surface area (Å²) in [6.45, 7) is 2.17. The molecule has 1 heterocycles. The van der Waals surface area contributed by atoms with Gasteiger partial charge < -0.3 is 4.98 Å². The highest BCUT2D eigenvalue weighted by molar-refractivity contribution is 7.99. The molecule has 0 atom stereocenters. The van der Waals surface area contributed by atoms with Crippen molar-refractivity contribution >= 4 is 11.8 Å². The van der Waals surface area contributed by atoms with E-state index in [1.54, 1.807) is 0 Å². The molecule has 0 radical (unpaired) electrons. The molecule has 0 saturated carbocycles. The van der Waals surface area contributed by atoms with E-state index in [9.17, 15) is 0 Å². The molecule has 0 aliphatic heterocycles. The average molecular weight is 203 g/mol. The van der Waals surface area contributed by atoms with Crippen molar-refractivity contribution in [2.24, 2.45) is 0 Å². The summed E-state index contributed by atoms with van der Waals surface area (Å²) in [4.78, 5) is 4.53. The van der Waals surface area contributed by atoms with Crippen LogP contribution in [0.5, 0.6) is 0 Å². The highest BCUT2D eigenvalue weighted by Crippen LogP contribution is 2.22. The van der Waals surface area contributed by atoms with Crippen LogP contribution >= 0.6 is 11.8 Å². The summed E-state index contributed by atoms with van der Waals surface area (Å²) in [7, 11) is 0. The van der Waals surface area contributed by atoms with Gasteiger partial charge in [0.1, 0.15) is 0 Å². The Bertz CT molecular complexity index is 375. The number of rotatable bonds is 3. The molecule has 2 heteroatoms. The molecule has 2 rings (SSSR count). The molecule has 1 aromatic heterocycles. The summed E-state index contributed by atoms with van der Waals surface area (Å²) in [5.74, 6) is 1.13. The molecule has 1 aromatic carbocycles. The smallest absolute Gasteiger partial charge is 0.0453 e. The normalized spacial score (nSPS) is 10.4. The van der Waals surface area contributed by atoms with Crippen molar-refractivity contribution in [1.82, 2.24) is 4.98 Å². The van der Waals surface area contributed by atoms with E-state index in [1.807, 2.05) is 24.0 Å². The van der Waals surface area contributed by atoms with Gasteiger partial charge in [0, 0.05) is 16.8 Å². The van der Waals surface area contributed by atoms with E-state index in [2.05, 4.69) is 42.2 Å². The van der Waals surface area contributed by atoms with Gasteiger partial charge in [-0.15, -0.1) is 11.8 Å². The van der Waals surface area contributed by atoms with Gasteiger partial charge in [-0.3, -0.25) is 0 Å². The van der Waals surface area contributed by atoms with Gasteiger partial charge in [-0.1, -0.05) is 19.1 Å². The first-order valence-corrected chi connectivity index (χ1v) is 5.75. The third kappa shape index (κ3) is 2.02. The van der Waals surface area contributed by atoms with Crippen LogP contribution < -0.4 is 0 Å². The van der Waals surface area contributed by atoms with Crippen molar-refractivity contribution in [2.45, 2.75) is 11.8 Å². The Labute approximate surface area is 88.6 Å². The van der Waals surface area contributed by atoms with Crippen molar-refractivity contribution in [1.29, 1.82) is 0 Å². The topological polar surface area (TPSA) is 15.8 Å². The maximum absolute atomic E-state index is 3.20. The van der Waals surface area contributed by atoms with Gasteiger partial charge >= 0.3 is 0 Å². The third-order valence-electron chi connectivity index (χ3n) is 2.07. The molecular formula is C12H13NS. The van der Waals surface area contributed by atoms with Gasteiger partial charge in [0.15, 0.2) is 0 Å². The lowest BCUT2D eigenvalue weighted by molar-refractivity contribution is 1.37. The Morgan fingerprint density at radius 3 is 2.50 bits per heavy atom. The van der Waals surface area contributed by atoms with Crippen LogP contribution in [0.15, 0.2) is 47.5 Å². The second-order valence-corrected chi connectivity index (χ2v) is 4.38. The molecular weight excluding hydrogens is 190 g/mol. The van der Waals surface area contributed by atoms with E-state index < -0.39 is 0 Å². The van der Waals surface area contributed by atoms with E-state index in [0.717, 1.165) is 5.75 Å². The van der Waals surface area contributed by atoms with Crippen molar-refractivity contribution in [2.75, 3.05) is 5.75 Å². The Morgan fingerprint density at radius 2 is 1.93 bits per heavy atom. The molecule has 0 unspecified atom stereocenters. The average Bonchev–Trinajstić information content (AvgIpc) is 2.72. The van der Waals surface area contributed by atoms with Crippen molar-refractivity contribution in [3.63, 3.8) is 0 Å². The lowest BCUT2D eigenvalue weighted by Crippen LogP contribution is -1.77. The highest BCUT2D eigenvalue weighted by atomic mass is 32.2. The third-order valence-corrected chi connectivity index (χ3v) is 2.97. The van der Waals surface area contributed by atoms with E-state index in [1.165, 1.54) is 16.2 Å². The number of hydrogen-bond donors (Lipinski definition) is 1. The Morgan fingerprint density at radius 1 is 1.14 bits per heavy atom. The lowest BCUT2D eigenvalue weighted by Gasteiger charge is -2.00. The van der Waals surface area contributed by atoms with Crippen molar-refractivity contribution < 1.29 is 0 Å². The number of aromatic amines is 1. The first kappa shape index (κ1) is 9.41. The van der Waals surface area contributed by atoms with Gasteiger partial charge in [-0.2, -0.15) is 0 Å². The number of aromatic nitrogens is 1. The van der Waals surface area contributed by atoms with E-state index in [-0.39, 0.29) is 0 Å². The molecule has 1 N–H and O–H groups in total. The maximum atomic E-state index is 3.20. The molecule has 1 nitrogen and oxygen atoms in total. The Hall–Kier alpha value is -1.15.